The van der Waals surface area contributed by atoms with Gasteiger partial charge in [-0.2, -0.15) is 0 Å². The number of ketones is 1. The number of esters is 1. The van der Waals surface area contributed by atoms with Crippen LogP contribution in [0.3, 0.4) is 0 Å². The van der Waals surface area contributed by atoms with Crippen molar-refractivity contribution >= 4 is 11.8 Å². The van der Waals surface area contributed by atoms with Crippen molar-refractivity contribution in [1.82, 2.24) is 0 Å². The van der Waals surface area contributed by atoms with E-state index in [-0.39, 0.29) is 5.78 Å². The summed E-state index contributed by atoms with van der Waals surface area (Å²) in [5.74, 6) is -0.0288. The molecule has 2 rings (SSSR count). The Morgan fingerprint density at radius 1 is 1.14 bits per heavy atom. The first-order valence-corrected chi connectivity index (χ1v) is 6.86. The molecular formula is C18H16O4. The van der Waals surface area contributed by atoms with Gasteiger partial charge in [-0.25, -0.2) is 4.79 Å². The number of hydrogen-bond acceptors (Lipinski definition) is 4. The van der Waals surface area contributed by atoms with Crippen LogP contribution in [-0.4, -0.2) is 18.4 Å². The number of rotatable bonds is 6. The van der Waals surface area contributed by atoms with Crippen molar-refractivity contribution in [3.8, 4) is 11.5 Å². The van der Waals surface area contributed by atoms with Crippen molar-refractivity contribution in [2.45, 2.75) is 6.92 Å². The average molecular weight is 296 g/mol. The van der Waals surface area contributed by atoms with E-state index in [0.29, 0.717) is 29.2 Å². The van der Waals surface area contributed by atoms with Crippen molar-refractivity contribution in [2.75, 3.05) is 6.61 Å². The van der Waals surface area contributed by atoms with E-state index in [1.54, 1.807) is 36.4 Å². The Morgan fingerprint density at radius 3 is 2.50 bits per heavy atom. The van der Waals surface area contributed by atoms with E-state index in [4.69, 9.17) is 9.47 Å². The number of benzene rings is 2. The molecule has 4 nitrogen and oxygen atoms in total. The summed E-state index contributed by atoms with van der Waals surface area (Å²) in [6, 6.07) is 13.6. The summed E-state index contributed by atoms with van der Waals surface area (Å²) in [7, 11) is 0. The fourth-order valence-electron chi connectivity index (χ4n) is 1.93. The number of ether oxygens (including phenoxy) is 2. The van der Waals surface area contributed by atoms with Gasteiger partial charge in [0, 0.05) is 17.7 Å². The van der Waals surface area contributed by atoms with Gasteiger partial charge in [-0.05, 0) is 19.1 Å². The van der Waals surface area contributed by atoms with Crippen LogP contribution in [0, 0.1) is 0 Å². The summed E-state index contributed by atoms with van der Waals surface area (Å²) >= 11 is 0. The lowest BCUT2D eigenvalue weighted by Gasteiger charge is -2.11. The highest BCUT2D eigenvalue weighted by Gasteiger charge is 2.16. The Balaban J connectivity index is 2.36. The summed E-state index contributed by atoms with van der Waals surface area (Å²) in [6.07, 6.45) is 1.07. The van der Waals surface area contributed by atoms with Crippen molar-refractivity contribution in [3.05, 3.63) is 72.3 Å². The molecular weight excluding hydrogens is 280 g/mol. The minimum atomic E-state index is -0.565. The summed E-state index contributed by atoms with van der Waals surface area (Å²) in [5, 5.41) is 0. The molecule has 0 spiro atoms. The molecule has 0 N–H and O–H groups in total. The molecule has 2 aromatic rings. The molecule has 0 aromatic heterocycles. The Bertz CT molecular complexity index is 689. The van der Waals surface area contributed by atoms with Crippen LogP contribution in [0.25, 0.3) is 0 Å². The van der Waals surface area contributed by atoms with Gasteiger partial charge in [0.1, 0.15) is 11.5 Å². The van der Waals surface area contributed by atoms with Gasteiger partial charge in [-0.15, -0.1) is 0 Å². The van der Waals surface area contributed by atoms with Gasteiger partial charge in [0.15, 0.2) is 5.78 Å². The molecule has 0 unspecified atom stereocenters. The van der Waals surface area contributed by atoms with Gasteiger partial charge in [-0.3, -0.25) is 4.79 Å². The predicted octanol–water partition coefficient (Wildman–Crippen LogP) is 3.41. The summed E-state index contributed by atoms with van der Waals surface area (Å²) in [6.45, 7) is 5.56. The predicted molar refractivity (Wildman–Crippen MR) is 83.3 cm³/mol. The van der Waals surface area contributed by atoms with E-state index in [1.165, 1.54) is 6.07 Å². The van der Waals surface area contributed by atoms with E-state index in [2.05, 4.69) is 6.58 Å². The van der Waals surface area contributed by atoms with Gasteiger partial charge in [0.25, 0.3) is 0 Å². The molecule has 0 fully saturated rings. The second-order valence-electron chi connectivity index (χ2n) is 4.41. The molecule has 0 saturated heterocycles. The van der Waals surface area contributed by atoms with Crippen molar-refractivity contribution in [2.24, 2.45) is 0 Å². The molecule has 112 valence electrons. The average Bonchev–Trinajstić information content (AvgIpc) is 2.55. The Labute approximate surface area is 129 Å². The van der Waals surface area contributed by atoms with Crippen molar-refractivity contribution in [3.63, 3.8) is 0 Å². The van der Waals surface area contributed by atoms with Crippen LogP contribution < -0.4 is 9.47 Å². The Hall–Kier alpha value is -2.88. The molecule has 0 amide bonds. The smallest absolute Gasteiger partial charge is 0.335 e. The molecule has 4 heteroatoms. The first-order chi connectivity index (χ1) is 10.7. The van der Waals surface area contributed by atoms with E-state index in [0.717, 1.165) is 6.08 Å². The Morgan fingerprint density at radius 2 is 1.86 bits per heavy atom. The Kier molecular flexibility index (Phi) is 5.09. The third-order valence-electron chi connectivity index (χ3n) is 2.92. The first-order valence-electron chi connectivity index (χ1n) is 6.86. The minimum Gasteiger partial charge on any atom is -0.493 e. The van der Waals surface area contributed by atoms with Crippen molar-refractivity contribution in [1.29, 1.82) is 0 Å². The summed E-state index contributed by atoms with van der Waals surface area (Å²) in [5.41, 5.74) is 0.991. The van der Waals surface area contributed by atoms with Crippen LogP contribution in [0.2, 0.25) is 0 Å². The molecule has 0 bridgehead atoms. The number of carbonyl (C=O) groups excluding carboxylic acids is 2. The summed E-state index contributed by atoms with van der Waals surface area (Å²) < 4.78 is 10.5. The quantitative estimate of drug-likeness (QED) is 0.355. The lowest BCUT2D eigenvalue weighted by molar-refractivity contribution is -0.128. The highest BCUT2D eigenvalue weighted by atomic mass is 16.5. The first kappa shape index (κ1) is 15.5. The maximum absolute atomic E-state index is 12.5. The van der Waals surface area contributed by atoms with Crippen LogP contribution >= 0.6 is 0 Å². The maximum atomic E-state index is 12.5. The second kappa shape index (κ2) is 7.22. The zero-order valence-corrected chi connectivity index (χ0v) is 12.2. The number of hydrogen-bond donors (Lipinski definition) is 0. The molecule has 0 radical (unpaired) electrons. The fourth-order valence-corrected chi connectivity index (χ4v) is 1.93. The maximum Gasteiger partial charge on any atom is 0.335 e. The fraction of sp³-hybridized carbons (Fsp3) is 0.111. The zero-order valence-electron chi connectivity index (χ0n) is 12.2. The van der Waals surface area contributed by atoms with Crippen LogP contribution in [0.15, 0.2) is 61.2 Å². The monoisotopic (exact) mass is 296 g/mol. The molecule has 0 aliphatic carbocycles. The molecule has 0 atom stereocenters. The van der Waals surface area contributed by atoms with E-state index < -0.39 is 5.97 Å². The van der Waals surface area contributed by atoms with Crippen LogP contribution in [0.5, 0.6) is 11.5 Å². The lowest BCUT2D eigenvalue weighted by atomic mass is 10.0. The zero-order chi connectivity index (χ0) is 15.9. The van der Waals surface area contributed by atoms with Gasteiger partial charge >= 0.3 is 5.97 Å². The van der Waals surface area contributed by atoms with Crippen LogP contribution in [0.1, 0.15) is 22.8 Å². The molecule has 0 aliphatic heterocycles. The lowest BCUT2D eigenvalue weighted by Crippen LogP contribution is -2.07. The molecule has 2 aromatic carbocycles. The van der Waals surface area contributed by atoms with Gasteiger partial charge < -0.3 is 9.47 Å². The topological polar surface area (TPSA) is 52.6 Å². The van der Waals surface area contributed by atoms with E-state index >= 15 is 0 Å². The molecule has 0 heterocycles. The van der Waals surface area contributed by atoms with Gasteiger partial charge in [-0.1, -0.05) is 36.9 Å². The normalized spacial score (nSPS) is 9.86. The minimum absolute atomic E-state index is 0.148. The van der Waals surface area contributed by atoms with Crippen molar-refractivity contribution < 1.29 is 19.1 Å². The number of carbonyl (C=O) groups is 2. The largest absolute Gasteiger partial charge is 0.493 e. The molecule has 0 aliphatic rings. The third-order valence-corrected chi connectivity index (χ3v) is 2.92. The highest BCUT2D eigenvalue weighted by molar-refractivity contribution is 6.10. The summed E-state index contributed by atoms with van der Waals surface area (Å²) in [4.78, 5) is 23.8. The van der Waals surface area contributed by atoms with E-state index in [1.807, 2.05) is 13.0 Å². The molecule has 22 heavy (non-hydrogen) atoms. The third kappa shape index (κ3) is 3.61. The van der Waals surface area contributed by atoms with Gasteiger partial charge in [0.05, 0.1) is 12.2 Å². The van der Waals surface area contributed by atoms with E-state index in [9.17, 15) is 9.59 Å². The highest BCUT2D eigenvalue weighted by Crippen LogP contribution is 2.27. The standard InChI is InChI=1S/C18H16O4/c1-3-17(19)22-14-10-11-15(16(12-14)21-4-2)18(20)13-8-6-5-7-9-13/h3,5-12H,1,4H2,2H3. The molecule has 0 saturated carbocycles. The second-order valence-corrected chi connectivity index (χ2v) is 4.41. The van der Waals surface area contributed by atoms with Crippen LogP contribution in [-0.2, 0) is 4.79 Å². The van der Waals surface area contributed by atoms with Crippen LogP contribution in [0.4, 0.5) is 0 Å². The SMILES string of the molecule is C=CC(=O)Oc1ccc(C(=O)c2ccccc2)c(OCC)c1. The van der Waals surface area contributed by atoms with Gasteiger partial charge in [0.2, 0.25) is 0 Å².